The van der Waals surface area contributed by atoms with E-state index in [1.165, 1.54) is 14.2 Å². The molecule has 1 aliphatic rings. The van der Waals surface area contributed by atoms with E-state index in [-0.39, 0.29) is 11.6 Å². The Hall–Kier alpha value is -1.29. The molecular weight excluding hydrogens is 233 g/mol. The van der Waals surface area contributed by atoms with E-state index in [1.807, 2.05) is 6.92 Å². The van der Waals surface area contributed by atoms with Gasteiger partial charge in [-0.15, -0.1) is 0 Å². The quantitative estimate of drug-likeness (QED) is 0.900. The highest BCUT2D eigenvalue weighted by molar-refractivity contribution is 5.52. The number of ether oxygens (including phenoxy) is 2. The second-order valence-corrected chi connectivity index (χ2v) is 4.98. The van der Waals surface area contributed by atoms with Crippen molar-refractivity contribution in [2.45, 2.75) is 38.1 Å². The monoisotopic (exact) mass is 253 g/mol. The molecule has 0 atom stereocenters. The van der Waals surface area contributed by atoms with Crippen molar-refractivity contribution in [3.63, 3.8) is 0 Å². The number of nitrogens with two attached hydrogens (primary N) is 1. The van der Waals surface area contributed by atoms with Gasteiger partial charge in [0.15, 0.2) is 17.3 Å². The zero-order chi connectivity index (χ0) is 13.3. The van der Waals surface area contributed by atoms with Crippen molar-refractivity contribution < 1.29 is 13.9 Å². The van der Waals surface area contributed by atoms with Gasteiger partial charge in [0.1, 0.15) is 0 Å². The van der Waals surface area contributed by atoms with Crippen molar-refractivity contribution in [1.29, 1.82) is 0 Å². The smallest absolute Gasteiger partial charge is 0.197 e. The summed E-state index contributed by atoms with van der Waals surface area (Å²) in [6, 6.07) is 1.79. The van der Waals surface area contributed by atoms with E-state index >= 15 is 0 Å². The predicted molar refractivity (Wildman–Crippen MR) is 68.6 cm³/mol. The van der Waals surface area contributed by atoms with Crippen LogP contribution in [0.2, 0.25) is 0 Å². The van der Waals surface area contributed by atoms with Crippen LogP contribution in [0.4, 0.5) is 4.39 Å². The second-order valence-electron chi connectivity index (χ2n) is 4.98. The molecule has 100 valence electrons. The molecule has 1 saturated carbocycles. The lowest BCUT2D eigenvalue weighted by atomic mass is 9.87. The number of rotatable bonds is 3. The lowest BCUT2D eigenvalue weighted by molar-refractivity contribution is 0.327. The van der Waals surface area contributed by atoms with Gasteiger partial charge in [-0.25, -0.2) is 4.39 Å². The van der Waals surface area contributed by atoms with Gasteiger partial charge >= 0.3 is 0 Å². The maximum absolute atomic E-state index is 14.5. The highest BCUT2D eigenvalue weighted by atomic mass is 19.1. The maximum Gasteiger partial charge on any atom is 0.197 e. The molecule has 0 amide bonds. The minimum atomic E-state index is -0.561. The molecule has 0 aliphatic heterocycles. The van der Waals surface area contributed by atoms with Crippen molar-refractivity contribution in [3.05, 3.63) is 23.0 Å². The van der Waals surface area contributed by atoms with Crippen LogP contribution in [0.25, 0.3) is 0 Å². The van der Waals surface area contributed by atoms with Gasteiger partial charge in [0, 0.05) is 11.1 Å². The molecule has 4 heteroatoms. The lowest BCUT2D eigenvalue weighted by Gasteiger charge is -2.26. The summed E-state index contributed by atoms with van der Waals surface area (Å²) in [6.45, 7) is 1.88. The predicted octanol–water partition coefficient (Wildman–Crippen LogP) is 2.88. The Balaban J connectivity index is 2.59. The van der Waals surface area contributed by atoms with Crippen molar-refractivity contribution >= 4 is 0 Å². The largest absolute Gasteiger partial charge is 0.492 e. The summed E-state index contributed by atoms with van der Waals surface area (Å²) in [7, 11) is 2.96. The number of aryl methyl sites for hydroxylation is 1. The van der Waals surface area contributed by atoms with Crippen LogP contribution in [0.3, 0.4) is 0 Å². The van der Waals surface area contributed by atoms with Gasteiger partial charge in [0.05, 0.1) is 14.2 Å². The molecule has 0 heterocycles. The minimum Gasteiger partial charge on any atom is -0.492 e. The fourth-order valence-electron chi connectivity index (χ4n) is 2.82. The average molecular weight is 253 g/mol. The van der Waals surface area contributed by atoms with Crippen LogP contribution in [-0.2, 0) is 5.54 Å². The number of hydrogen-bond acceptors (Lipinski definition) is 3. The zero-order valence-electron chi connectivity index (χ0n) is 11.2. The Morgan fingerprint density at radius 1 is 1.17 bits per heavy atom. The van der Waals surface area contributed by atoms with Gasteiger partial charge in [-0.3, -0.25) is 0 Å². The van der Waals surface area contributed by atoms with E-state index in [0.717, 1.165) is 31.2 Å². The minimum absolute atomic E-state index is 0.157. The third-order valence-corrected chi connectivity index (χ3v) is 3.80. The number of halogens is 1. The van der Waals surface area contributed by atoms with Gasteiger partial charge < -0.3 is 15.2 Å². The second kappa shape index (κ2) is 4.76. The molecule has 18 heavy (non-hydrogen) atoms. The van der Waals surface area contributed by atoms with Gasteiger partial charge in [0.2, 0.25) is 0 Å². The fourth-order valence-corrected chi connectivity index (χ4v) is 2.82. The van der Waals surface area contributed by atoms with Gasteiger partial charge in [0.25, 0.3) is 0 Å². The first-order valence-corrected chi connectivity index (χ1v) is 6.24. The lowest BCUT2D eigenvalue weighted by Crippen LogP contribution is -2.34. The van der Waals surface area contributed by atoms with Gasteiger partial charge in [-0.2, -0.15) is 0 Å². The Bertz CT molecular complexity index is 454. The molecule has 0 radical (unpaired) electrons. The molecule has 2 rings (SSSR count). The molecule has 1 aromatic carbocycles. The first kappa shape index (κ1) is 13.1. The molecule has 1 aliphatic carbocycles. The van der Waals surface area contributed by atoms with Crippen LogP contribution in [-0.4, -0.2) is 14.2 Å². The Kier molecular flexibility index (Phi) is 3.48. The Morgan fingerprint density at radius 3 is 2.22 bits per heavy atom. The Morgan fingerprint density at radius 2 is 1.72 bits per heavy atom. The maximum atomic E-state index is 14.5. The van der Waals surface area contributed by atoms with Crippen LogP contribution in [0, 0.1) is 12.7 Å². The molecule has 1 aromatic rings. The highest BCUT2D eigenvalue weighted by Gasteiger charge is 2.36. The van der Waals surface area contributed by atoms with E-state index in [9.17, 15) is 4.39 Å². The molecule has 1 fully saturated rings. The SMILES string of the molecule is COc1c(C)cc(C2(N)CCCC2)c(F)c1OC. The molecule has 0 spiro atoms. The Labute approximate surface area is 107 Å². The van der Waals surface area contributed by atoms with E-state index in [0.29, 0.717) is 11.3 Å². The molecule has 2 N–H and O–H groups in total. The molecular formula is C14H20FNO2. The summed E-state index contributed by atoms with van der Waals surface area (Å²) in [4.78, 5) is 0. The summed E-state index contributed by atoms with van der Waals surface area (Å²) in [5, 5.41) is 0. The topological polar surface area (TPSA) is 44.5 Å². The van der Waals surface area contributed by atoms with Gasteiger partial charge in [-0.1, -0.05) is 12.8 Å². The molecule has 0 bridgehead atoms. The van der Waals surface area contributed by atoms with E-state index < -0.39 is 5.54 Å². The number of hydrogen-bond donors (Lipinski definition) is 1. The summed E-state index contributed by atoms with van der Waals surface area (Å²) < 4.78 is 24.8. The number of benzene rings is 1. The van der Waals surface area contributed by atoms with Crippen LogP contribution in [0.15, 0.2) is 6.07 Å². The van der Waals surface area contributed by atoms with Crippen LogP contribution >= 0.6 is 0 Å². The third kappa shape index (κ3) is 1.94. The van der Waals surface area contributed by atoms with Crippen LogP contribution in [0.5, 0.6) is 11.5 Å². The zero-order valence-corrected chi connectivity index (χ0v) is 11.2. The standard InChI is InChI=1S/C14H20FNO2/c1-9-8-10(14(16)6-4-5-7-14)11(15)13(18-3)12(9)17-2/h8H,4-7,16H2,1-3H3. The van der Waals surface area contributed by atoms with Crippen LogP contribution < -0.4 is 15.2 Å². The fraction of sp³-hybridized carbons (Fsp3) is 0.571. The van der Waals surface area contributed by atoms with Crippen LogP contribution in [0.1, 0.15) is 36.8 Å². The summed E-state index contributed by atoms with van der Waals surface area (Å²) in [6.07, 6.45) is 3.73. The third-order valence-electron chi connectivity index (χ3n) is 3.80. The summed E-state index contributed by atoms with van der Waals surface area (Å²) in [5.41, 5.74) is 7.17. The van der Waals surface area contributed by atoms with Crippen molar-refractivity contribution in [3.8, 4) is 11.5 Å². The number of methoxy groups -OCH3 is 2. The average Bonchev–Trinajstić information content (AvgIpc) is 2.79. The molecule has 0 saturated heterocycles. The van der Waals surface area contributed by atoms with E-state index in [2.05, 4.69) is 0 Å². The highest BCUT2D eigenvalue weighted by Crippen LogP contribution is 2.43. The summed E-state index contributed by atoms with van der Waals surface area (Å²) in [5.74, 6) is 0.217. The van der Waals surface area contributed by atoms with Crippen molar-refractivity contribution in [2.24, 2.45) is 5.73 Å². The van der Waals surface area contributed by atoms with Crippen molar-refractivity contribution in [1.82, 2.24) is 0 Å². The van der Waals surface area contributed by atoms with Gasteiger partial charge in [-0.05, 0) is 31.4 Å². The van der Waals surface area contributed by atoms with E-state index in [4.69, 9.17) is 15.2 Å². The molecule has 3 nitrogen and oxygen atoms in total. The molecule has 0 unspecified atom stereocenters. The summed E-state index contributed by atoms with van der Waals surface area (Å²) >= 11 is 0. The normalized spacial score (nSPS) is 17.8. The first-order valence-electron chi connectivity index (χ1n) is 6.24. The molecule has 0 aromatic heterocycles. The first-order chi connectivity index (χ1) is 8.53. The van der Waals surface area contributed by atoms with Crippen molar-refractivity contribution in [2.75, 3.05) is 14.2 Å². The van der Waals surface area contributed by atoms with E-state index in [1.54, 1.807) is 6.07 Å².